The van der Waals surface area contributed by atoms with Gasteiger partial charge in [-0.25, -0.2) is 14.7 Å². The van der Waals surface area contributed by atoms with E-state index in [2.05, 4.69) is 42.1 Å². The minimum absolute atomic E-state index is 0.0289. The Hall–Kier alpha value is -3.09. The summed E-state index contributed by atoms with van der Waals surface area (Å²) in [5, 5.41) is 18.3. The molecular weight excluding hydrogens is 328 g/mol. The molecule has 1 N–H and O–H groups in total. The molecule has 2 aliphatic rings. The Morgan fingerprint density at radius 2 is 1.92 bits per heavy atom. The highest BCUT2D eigenvalue weighted by atomic mass is 16.3. The van der Waals surface area contributed by atoms with Gasteiger partial charge in [0, 0.05) is 23.4 Å². The molecule has 0 amide bonds. The summed E-state index contributed by atoms with van der Waals surface area (Å²) in [5.74, 6) is 0.589. The van der Waals surface area contributed by atoms with Gasteiger partial charge in [-0.05, 0) is 31.0 Å². The van der Waals surface area contributed by atoms with Gasteiger partial charge in [0.25, 0.3) is 0 Å². The summed E-state index contributed by atoms with van der Waals surface area (Å²) in [6.45, 7) is 0.515. The number of pyridine rings is 1. The average Bonchev–Trinajstić information content (AvgIpc) is 3.40. The lowest BCUT2D eigenvalue weighted by Crippen LogP contribution is -2.06. The molecule has 1 aliphatic carbocycles. The molecule has 2 aromatic heterocycles. The van der Waals surface area contributed by atoms with Gasteiger partial charge in [0.15, 0.2) is 5.84 Å². The molecule has 1 saturated carbocycles. The molecule has 1 aliphatic heterocycles. The number of amidine groups is 1. The normalized spacial score (nSPS) is 17.7. The molecule has 3 heterocycles. The summed E-state index contributed by atoms with van der Waals surface area (Å²) in [6.07, 6.45) is 6.46. The molecule has 26 heavy (non-hydrogen) atoms. The van der Waals surface area contributed by atoms with Crippen molar-refractivity contribution in [1.29, 1.82) is 0 Å². The van der Waals surface area contributed by atoms with Crippen molar-refractivity contribution in [3.05, 3.63) is 47.7 Å². The van der Waals surface area contributed by atoms with Crippen molar-refractivity contribution in [3.8, 4) is 5.88 Å². The predicted molar refractivity (Wildman–Crippen MR) is 98.9 cm³/mol. The molecule has 0 bridgehead atoms. The molecule has 1 aromatic carbocycles. The zero-order valence-corrected chi connectivity index (χ0v) is 14.2. The van der Waals surface area contributed by atoms with E-state index in [1.54, 1.807) is 18.3 Å². The van der Waals surface area contributed by atoms with E-state index in [0.717, 1.165) is 27.9 Å². The number of aromatic hydroxyl groups is 1. The molecule has 7 nitrogen and oxygen atoms in total. The molecule has 0 atom stereocenters. The maximum atomic E-state index is 9.53. The van der Waals surface area contributed by atoms with E-state index in [1.807, 2.05) is 6.07 Å². The Morgan fingerprint density at radius 3 is 2.77 bits per heavy atom. The van der Waals surface area contributed by atoms with Gasteiger partial charge in [-0.3, -0.25) is 4.99 Å². The van der Waals surface area contributed by atoms with Crippen LogP contribution in [0.2, 0.25) is 0 Å². The SMILES string of the molecule is Oc1cc(C2=NCC(c3ccc4c(c3)nnn4C3CCCC3)=N2)ccn1. The fourth-order valence-electron chi connectivity index (χ4n) is 3.76. The Morgan fingerprint density at radius 1 is 1.04 bits per heavy atom. The second-order valence-corrected chi connectivity index (χ2v) is 6.78. The van der Waals surface area contributed by atoms with Crippen molar-refractivity contribution in [1.82, 2.24) is 20.0 Å². The summed E-state index contributed by atoms with van der Waals surface area (Å²) in [5.41, 5.74) is 4.65. The van der Waals surface area contributed by atoms with Crippen LogP contribution in [0.1, 0.15) is 42.9 Å². The Bertz CT molecular complexity index is 1050. The third-order valence-corrected chi connectivity index (χ3v) is 5.10. The van der Waals surface area contributed by atoms with Crippen LogP contribution in [-0.4, -0.2) is 43.2 Å². The topological polar surface area (TPSA) is 88.5 Å². The fourth-order valence-corrected chi connectivity index (χ4v) is 3.76. The number of rotatable bonds is 3. The lowest BCUT2D eigenvalue weighted by atomic mass is 10.1. The number of hydrogen-bond acceptors (Lipinski definition) is 6. The number of aliphatic imine (C=N–C) groups is 2. The van der Waals surface area contributed by atoms with Gasteiger partial charge in [0.05, 0.1) is 23.8 Å². The first-order valence-electron chi connectivity index (χ1n) is 8.91. The summed E-state index contributed by atoms with van der Waals surface area (Å²) < 4.78 is 2.07. The predicted octanol–water partition coefficient (Wildman–Crippen LogP) is 2.90. The van der Waals surface area contributed by atoms with Crippen LogP contribution < -0.4 is 0 Å². The van der Waals surface area contributed by atoms with Crippen LogP contribution in [0.5, 0.6) is 5.88 Å². The number of hydrogen-bond donors (Lipinski definition) is 1. The van der Waals surface area contributed by atoms with E-state index in [9.17, 15) is 5.11 Å². The maximum Gasteiger partial charge on any atom is 0.211 e. The van der Waals surface area contributed by atoms with E-state index in [1.165, 1.54) is 25.7 Å². The minimum Gasteiger partial charge on any atom is -0.493 e. The molecule has 3 aromatic rings. The molecule has 1 fully saturated rings. The average molecular weight is 346 g/mol. The second-order valence-electron chi connectivity index (χ2n) is 6.78. The number of benzene rings is 1. The van der Waals surface area contributed by atoms with Gasteiger partial charge in [-0.1, -0.05) is 24.1 Å². The van der Waals surface area contributed by atoms with E-state index in [4.69, 9.17) is 0 Å². The highest BCUT2D eigenvalue weighted by Crippen LogP contribution is 2.31. The molecule has 0 unspecified atom stereocenters. The van der Waals surface area contributed by atoms with Gasteiger partial charge < -0.3 is 5.11 Å². The van der Waals surface area contributed by atoms with Crippen LogP contribution in [0, 0.1) is 0 Å². The summed E-state index contributed by atoms with van der Waals surface area (Å²) in [6, 6.07) is 10.0. The molecule has 7 heteroatoms. The van der Waals surface area contributed by atoms with E-state index in [0.29, 0.717) is 18.4 Å². The lowest BCUT2D eigenvalue weighted by molar-refractivity contribution is 0.453. The van der Waals surface area contributed by atoms with E-state index < -0.39 is 0 Å². The second kappa shape index (κ2) is 6.01. The fraction of sp³-hybridized carbons (Fsp3) is 0.316. The summed E-state index contributed by atoms with van der Waals surface area (Å²) >= 11 is 0. The summed E-state index contributed by atoms with van der Waals surface area (Å²) in [4.78, 5) is 12.9. The van der Waals surface area contributed by atoms with Crippen molar-refractivity contribution in [3.63, 3.8) is 0 Å². The first-order chi connectivity index (χ1) is 12.8. The zero-order chi connectivity index (χ0) is 17.5. The lowest BCUT2D eigenvalue weighted by Gasteiger charge is -2.09. The van der Waals surface area contributed by atoms with Crippen molar-refractivity contribution in [2.75, 3.05) is 6.54 Å². The first kappa shape index (κ1) is 15.2. The van der Waals surface area contributed by atoms with Gasteiger partial charge >= 0.3 is 0 Å². The molecule has 0 saturated heterocycles. The first-order valence-corrected chi connectivity index (χ1v) is 8.91. The maximum absolute atomic E-state index is 9.53. The van der Waals surface area contributed by atoms with Crippen LogP contribution in [-0.2, 0) is 0 Å². The monoisotopic (exact) mass is 346 g/mol. The Kier molecular flexibility index (Phi) is 3.51. The third kappa shape index (κ3) is 2.56. The van der Waals surface area contributed by atoms with Crippen LogP contribution in [0.4, 0.5) is 0 Å². The van der Waals surface area contributed by atoms with Crippen molar-refractivity contribution in [2.45, 2.75) is 31.7 Å². The highest BCUT2D eigenvalue weighted by molar-refractivity contribution is 6.17. The Labute approximate surface area is 150 Å². The minimum atomic E-state index is -0.0289. The van der Waals surface area contributed by atoms with Gasteiger partial charge in [0.2, 0.25) is 5.88 Å². The van der Waals surface area contributed by atoms with Crippen LogP contribution in [0.25, 0.3) is 11.0 Å². The smallest absolute Gasteiger partial charge is 0.211 e. The van der Waals surface area contributed by atoms with E-state index >= 15 is 0 Å². The molecular formula is C19H18N6O. The molecule has 0 spiro atoms. The van der Waals surface area contributed by atoms with E-state index in [-0.39, 0.29) is 5.88 Å². The zero-order valence-electron chi connectivity index (χ0n) is 14.2. The largest absolute Gasteiger partial charge is 0.493 e. The standard InChI is InChI=1S/C19H18N6O/c26-18-10-13(7-8-20-18)19-21-11-16(22-19)12-5-6-17-15(9-12)23-24-25(17)14-3-1-2-4-14/h5-10,14H,1-4,11H2,(H,20,26). The van der Waals surface area contributed by atoms with Crippen molar-refractivity contribution < 1.29 is 5.11 Å². The van der Waals surface area contributed by atoms with Gasteiger partial charge in [-0.2, -0.15) is 0 Å². The Balaban J connectivity index is 1.46. The quantitative estimate of drug-likeness (QED) is 0.790. The van der Waals surface area contributed by atoms with Crippen molar-refractivity contribution >= 4 is 22.6 Å². The van der Waals surface area contributed by atoms with Gasteiger partial charge in [0.1, 0.15) is 5.52 Å². The highest BCUT2D eigenvalue weighted by Gasteiger charge is 2.21. The number of aromatic nitrogens is 4. The van der Waals surface area contributed by atoms with Gasteiger partial charge in [-0.15, -0.1) is 5.10 Å². The molecule has 130 valence electrons. The number of fused-ring (bicyclic) bond motifs is 1. The van der Waals surface area contributed by atoms with Crippen LogP contribution in [0.3, 0.4) is 0 Å². The van der Waals surface area contributed by atoms with Crippen LogP contribution >= 0.6 is 0 Å². The molecule has 5 rings (SSSR count). The van der Waals surface area contributed by atoms with Crippen LogP contribution in [0.15, 0.2) is 46.5 Å². The summed E-state index contributed by atoms with van der Waals surface area (Å²) in [7, 11) is 0. The third-order valence-electron chi connectivity index (χ3n) is 5.10. The van der Waals surface area contributed by atoms with Crippen molar-refractivity contribution in [2.24, 2.45) is 9.98 Å². The number of nitrogens with zero attached hydrogens (tertiary/aromatic N) is 6. The molecule has 0 radical (unpaired) electrons.